The van der Waals surface area contributed by atoms with Gasteiger partial charge in [-0.15, -0.1) is 0 Å². The minimum atomic E-state index is -0.205. The normalized spacial score (nSPS) is 10.8. The molecule has 3 rings (SSSR count). The van der Waals surface area contributed by atoms with E-state index in [0.29, 0.717) is 17.3 Å². The Morgan fingerprint density at radius 1 is 1.14 bits per heavy atom. The maximum absolute atomic E-state index is 11.2. The molecule has 2 aromatic carbocycles. The number of ether oxygens (including phenoxy) is 1. The molecule has 0 spiro atoms. The Kier molecular flexibility index (Phi) is 3.58. The van der Waals surface area contributed by atoms with E-state index in [2.05, 4.69) is 15.3 Å². The summed E-state index contributed by atoms with van der Waals surface area (Å²) in [5.41, 5.74) is 3.33. The van der Waals surface area contributed by atoms with E-state index in [1.54, 1.807) is 7.11 Å². The molecular weight excluding hydrogens is 290 g/mol. The fourth-order valence-corrected chi connectivity index (χ4v) is 2.45. The molecular formula is C15H14ClN3O2. The first-order chi connectivity index (χ1) is 10.2. The zero-order chi connectivity index (χ0) is 14.8. The van der Waals surface area contributed by atoms with Crippen LogP contribution >= 0.6 is 11.6 Å². The van der Waals surface area contributed by atoms with Gasteiger partial charge in [0.05, 0.1) is 23.2 Å². The van der Waals surface area contributed by atoms with Crippen LogP contribution in [0.15, 0.2) is 41.2 Å². The van der Waals surface area contributed by atoms with Crippen LogP contribution in [0.5, 0.6) is 5.75 Å². The van der Waals surface area contributed by atoms with E-state index in [4.69, 9.17) is 16.3 Å². The highest BCUT2D eigenvalue weighted by molar-refractivity contribution is 6.32. The van der Waals surface area contributed by atoms with Crippen molar-refractivity contribution in [3.8, 4) is 5.75 Å². The monoisotopic (exact) mass is 303 g/mol. The van der Waals surface area contributed by atoms with Crippen molar-refractivity contribution in [1.82, 2.24) is 9.97 Å². The standard InChI is InChI=1S/C15H14ClN3O2/c1-21-14-5-2-9(6-11(14)16)8-17-10-3-4-12-13(7-10)19-15(20)18-12/h2-7,17H,8H2,1H3,(H2,18,19,20). The lowest BCUT2D eigenvalue weighted by Gasteiger charge is -2.09. The summed E-state index contributed by atoms with van der Waals surface area (Å²) in [7, 11) is 1.59. The average molecular weight is 304 g/mol. The summed E-state index contributed by atoms with van der Waals surface area (Å²) in [5.74, 6) is 0.659. The van der Waals surface area contributed by atoms with Gasteiger partial charge in [0.1, 0.15) is 5.75 Å². The summed E-state index contributed by atoms with van der Waals surface area (Å²) in [6, 6.07) is 11.3. The van der Waals surface area contributed by atoms with Crippen molar-refractivity contribution < 1.29 is 4.74 Å². The van der Waals surface area contributed by atoms with E-state index in [9.17, 15) is 4.79 Å². The molecule has 0 atom stereocenters. The summed E-state index contributed by atoms with van der Waals surface area (Å²) < 4.78 is 5.12. The quantitative estimate of drug-likeness (QED) is 0.693. The predicted molar refractivity (Wildman–Crippen MR) is 84.3 cm³/mol. The van der Waals surface area contributed by atoms with Crippen LogP contribution < -0.4 is 15.7 Å². The molecule has 6 heteroatoms. The number of aromatic amines is 2. The average Bonchev–Trinajstić information content (AvgIpc) is 2.84. The first kappa shape index (κ1) is 13.6. The molecule has 5 nitrogen and oxygen atoms in total. The van der Waals surface area contributed by atoms with Gasteiger partial charge in [0.25, 0.3) is 0 Å². The van der Waals surface area contributed by atoms with Crippen molar-refractivity contribution in [2.24, 2.45) is 0 Å². The summed E-state index contributed by atoms with van der Waals surface area (Å²) in [6.45, 7) is 0.629. The number of nitrogens with one attached hydrogen (secondary N) is 3. The van der Waals surface area contributed by atoms with E-state index >= 15 is 0 Å². The van der Waals surface area contributed by atoms with E-state index < -0.39 is 0 Å². The molecule has 1 aromatic heterocycles. The Labute approximate surface area is 125 Å². The molecule has 0 unspecified atom stereocenters. The van der Waals surface area contributed by atoms with Gasteiger partial charge in [-0.2, -0.15) is 0 Å². The second-order valence-electron chi connectivity index (χ2n) is 4.66. The molecule has 108 valence electrons. The number of methoxy groups -OCH3 is 1. The molecule has 0 aliphatic heterocycles. The van der Waals surface area contributed by atoms with Crippen LogP contribution in [0.4, 0.5) is 5.69 Å². The highest BCUT2D eigenvalue weighted by atomic mass is 35.5. The third kappa shape index (κ3) is 2.87. The SMILES string of the molecule is COc1ccc(CNc2ccc3[nH]c(=O)[nH]c3c2)cc1Cl. The van der Waals surface area contributed by atoms with Crippen LogP contribution in [0.1, 0.15) is 5.56 Å². The number of hydrogen-bond acceptors (Lipinski definition) is 3. The second kappa shape index (κ2) is 5.54. The minimum absolute atomic E-state index is 0.205. The number of aromatic nitrogens is 2. The Morgan fingerprint density at radius 2 is 1.95 bits per heavy atom. The first-order valence-corrected chi connectivity index (χ1v) is 6.82. The van der Waals surface area contributed by atoms with E-state index in [-0.39, 0.29) is 5.69 Å². The Balaban J connectivity index is 1.76. The third-order valence-electron chi connectivity index (χ3n) is 3.23. The van der Waals surface area contributed by atoms with Crippen LogP contribution in [0, 0.1) is 0 Å². The van der Waals surface area contributed by atoms with Crippen LogP contribution in [-0.2, 0) is 6.54 Å². The van der Waals surface area contributed by atoms with E-state index in [0.717, 1.165) is 22.3 Å². The number of rotatable bonds is 4. The highest BCUT2D eigenvalue weighted by Crippen LogP contribution is 2.25. The van der Waals surface area contributed by atoms with Gasteiger partial charge in [0.2, 0.25) is 0 Å². The summed E-state index contributed by atoms with van der Waals surface area (Å²) in [6.07, 6.45) is 0. The summed E-state index contributed by atoms with van der Waals surface area (Å²) >= 11 is 6.10. The molecule has 0 aliphatic carbocycles. The molecule has 0 saturated carbocycles. The van der Waals surface area contributed by atoms with Crippen LogP contribution in [0.2, 0.25) is 5.02 Å². The largest absolute Gasteiger partial charge is 0.495 e. The molecule has 0 fully saturated rings. The molecule has 3 N–H and O–H groups in total. The lowest BCUT2D eigenvalue weighted by Crippen LogP contribution is -2.00. The van der Waals surface area contributed by atoms with Gasteiger partial charge >= 0.3 is 5.69 Å². The predicted octanol–water partition coefficient (Wildman–Crippen LogP) is 3.13. The minimum Gasteiger partial charge on any atom is -0.495 e. The zero-order valence-corrected chi connectivity index (χ0v) is 12.1. The number of fused-ring (bicyclic) bond motifs is 1. The second-order valence-corrected chi connectivity index (χ2v) is 5.07. The number of benzene rings is 2. The van der Waals surface area contributed by atoms with Crippen molar-refractivity contribution in [2.45, 2.75) is 6.54 Å². The molecule has 3 aromatic rings. The Bertz CT molecular complexity index is 838. The number of imidazole rings is 1. The summed E-state index contributed by atoms with van der Waals surface area (Å²) in [4.78, 5) is 16.7. The summed E-state index contributed by atoms with van der Waals surface area (Å²) in [5, 5.41) is 3.88. The zero-order valence-electron chi connectivity index (χ0n) is 11.4. The van der Waals surface area contributed by atoms with Crippen molar-refractivity contribution in [2.75, 3.05) is 12.4 Å². The first-order valence-electron chi connectivity index (χ1n) is 6.44. The van der Waals surface area contributed by atoms with Gasteiger partial charge < -0.3 is 20.0 Å². The molecule has 1 heterocycles. The smallest absolute Gasteiger partial charge is 0.323 e. The fraction of sp³-hybridized carbons (Fsp3) is 0.133. The Morgan fingerprint density at radius 3 is 2.71 bits per heavy atom. The van der Waals surface area contributed by atoms with Gasteiger partial charge in [-0.05, 0) is 35.9 Å². The number of H-pyrrole nitrogens is 2. The van der Waals surface area contributed by atoms with Crippen molar-refractivity contribution >= 4 is 28.3 Å². The van der Waals surface area contributed by atoms with Gasteiger partial charge in [0, 0.05) is 12.2 Å². The molecule has 21 heavy (non-hydrogen) atoms. The van der Waals surface area contributed by atoms with Gasteiger partial charge in [0.15, 0.2) is 0 Å². The van der Waals surface area contributed by atoms with Crippen LogP contribution in [-0.4, -0.2) is 17.1 Å². The Hall–Kier alpha value is -2.40. The van der Waals surface area contributed by atoms with E-state index in [1.165, 1.54) is 0 Å². The molecule has 0 bridgehead atoms. The molecule has 0 aliphatic rings. The van der Waals surface area contributed by atoms with Crippen LogP contribution in [0.3, 0.4) is 0 Å². The topological polar surface area (TPSA) is 69.9 Å². The van der Waals surface area contributed by atoms with Gasteiger partial charge in [-0.25, -0.2) is 4.79 Å². The maximum atomic E-state index is 11.2. The van der Waals surface area contributed by atoms with Gasteiger partial charge in [-0.3, -0.25) is 0 Å². The van der Waals surface area contributed by atoms with Crippen molar-refractivity contribution in [3.63, 3.8) is 0 Å². The van der Waals surface area contributed by atoms with Crippen LogP contribution in [0.25, 0.3) is 11.0 Å². The number of hydrogen-bond donors (Lipinski definition) is 3. The van der Waals surface area contributed by atoms with Crippen molar-refractivity contribution in [3.05, 3.63) is 57.5 Å². The lowest BCUT2D eigenvalue weighted by atomic mass is 10.2. The molecule has 0 saturated heterocycles. The molecule has 0 amide bonds. The highest BCUT2D eigenvalue weighted by Gasteiger charge is 2.03. The van der Waals surface area contributed by atoms with E-state index in [1.807, 2.05) is 36.4 Å². The number of anilines is 1. The van der Waals surface area contributed by atoms with Crippen molar-refractivity contribution in [1.29, 1.82) is 0 Å². The fourth-order valence-electron chi connectivity index (χ4n) is 2.17. The third-order valence-corrected chi connectivity index (χ3v) is 3.52. The lowest BCUT2D eigenvalue weighted by molar-refractivity contribution is 0.415. The van der Waals surface area contributed by atoms with Gasteiger partial charge in [-0.1, -0.05) is 17.7 Å². The maximum Gasteiger partial charge on any atom is 0.323 e. The number of halogens is 1. The molecule has 0 radical (unpaired) electrons.